The molecule has 72 valence electrons. The third-order valence-corrected chi connectivity index (χ3v) is 2.69. The van der Waals surface area contributed by atoms with Gasteiger partial charge in [0.25, 0.3) is 0 Å². The summed E-state index contributed by atoms with van der Waals surface area (Å²) in [6.45, 7) is 0.897. The number of hydrogen-bond acceptors (Lipinski definition) is 4. The second-order valence-electron chi connectivity index (χ2n) is 3.11. The highest BCUT2D eigenvalue weighted by atomic mass is 32.2. The first-order chi connectivity index (χ1) is 6.38. The van der Waals surface area contributed by atoms with Crippen LogP contribution < -0.4 is 0 Å². The van der Waals surface area contributed by atoms with Gasteiger partial charge in [-0.25, -0.2) is 4.98 Å². The highest BCUT2D eigenvalue weighted by molar-refractivity contribution is 7.98. The third kappa shape index (κ3) is 2.22. The van der Waals surface area contributed by atoms with Gasteiger partial charge < -0.3 is 4.74 Å². The summed E-state index contributed by atoms with van der Waals surface area (Å²) in [5.74, 6) is 0.941. The van der Waals surface area contributed by atoms with Crippen LogP contribution in [0.2, 0.25) is 0 Å². The lowest BCUT2D eigenvalue weighted by molar-refractivity contribution is 0.110. The molecule has 4 nitrogen and oxygen atoms in total. The van der Waals surface area contributed by atoms with E-state index in [1.807, 2.05) is 6.26 Å². The van der Waals surface area contributed by atoms with Crippen LogP contribution in [0.5, 0.6) is 0 Å². The summed E-state index contributed by atoms with van der Waals surface area (Å²) in [6.07, 6.45) is 5.51. The number of nitrogens with one attached hydrogen (secondary N) is 1. The van der Waals surface area contributed by atoms with Crippen molar-refractivity contribution in [2.45, 2.75) is 30.5 Å². The predicted octanol–water partition coefficient (Wildman–Crippen LogP) is 1.25. The Morgan fingerprint density at radius 3 is 3.23 bits per heavy atom. The number of ether oxygens (including phenoxy) is 1. The fourth-order valence-electron chi connectivity index (χ4n) is 1.48. The molecule has 0 amide bonds. The van der Waals surface area contributed by atoms with Crippen LogP contribution in [0.1, 0.15) is 18.7 Å². The number of rotatable bonds is 3. The van der Waals surface area contributed by atoms with Gasteiger partial charge in [-0.3, -0.25) is 5.10 Å². The molecule has 2 rings (SSSR count). The van der Waals surface area contributed by atoms with E-state index < -0.39 is 0 Å². The summed E-state index contributed by atoms with van der Waals surface area (Å²) < 4.78 is 5.51. The van der Waals surface area contributed by atoms with E-state index in [9.17, 15) is 0 Å². The van der Waals surface area contributed by atoms with Crippen molar-refractivity contribution in [2.75, 3.05) is 12.9 Å². The number of aromatic amines is 1. The number of nitrogens with zero attached hydrogens (tertiary/aromatic N) is 2. The normalized spacial score (nSPS) is 22.4. The van der Waals surface area contributed by atoms with Crippen LogP contribution in [0.25, 0.3) is 0 Å². The molecule has 13 heavy (non-hydrogen) atoms. The molecule has 1 unspecified atom stereocenters. The molecular weight excluding hydrogens is 186 g/mol. The van der Waals surface area contributed by atoms with Gasteiger partial charge in [0.05, 0.1) is 6.10 Å². The zero-order chi connectivity index (χ0) is 9.10. The topological polar surface area (TPSA) is 50.8 Å². The van der Waals surface area contributed by atoms with Crippen molar-refractivity contribution in [3.8, 4) is 0 Å². The minimum Gasteiger partial charge on any atom is -0.378 e. The fraction of sp³-hybridized carbons (Fsp3) is 0.750. The molecule has 1 N–H and O–H groups in total. The smallest absolute Gasteiger partial charge is 0.208 e. The van der Waals surface area contributed by atoms with E-state index in [0.29, 0.717) is 6.10 Å². The van der Waals surface area contributed by atoms with Gasteiger partial charge in [-0.1, -0.05) is 11.8 Å². The first kappa shape index (κ1) is 9.02. The van der Waals surface area contributed by atoms with E-state index in [1.165, 1.54) is 6.42 Å². The number of H-pyrrole nitrogens is 1. The van der Waals surface area contributed by atoms with Gasteiger partial charge in [0.15, 0.2) is 0 Å². The SMILES string of the molecule is CSc1n[nH]c(CC2CCCO2)n1. The summed E-state index contributed by atoms with van der Waals surface area (Å²) in [7, 11) is 0. The van der Waals surface area contributed by atoms with E-state index in [4.69, 9.17) is 4.74 Å². The monoisotopic (exact) mass is 199 g/mol. The molecule has 0 saturated carbocycles. The Labute approximate surface area is 81.5 Å². The minimum atomic E-state index is 0.350. The summed E-state index contributed by atoms with van der Waals surface area (Å²) in [6, 6.07) is 0. The third-order valence-electron chi connectivity index (χ3n) is 2.14. The van der Waals surface area contributed by atoms with Gasteiger partial charge >= 0.3 is 0 Å². The van der Waals surface area contributed by atoms with Gasteiger partial charge in [-0.15, -0.1) is 5.10 Å². The van der Waals surface area contributed by atoms with Crippen molar-refractivity contribution in [2.24, 2.45) is 0 Å². The van der Waals surface area contributed by atoms with Gasteiger partial charge in [-0.05, 0) is 19.1 Å². The molecule has 1 saturated heterocycles. The Balaban J connectivity index is 1.92. The molecule has 1 aromatic heterocycles. The molecule has 0 aliphatic carbocycles. The summed E-state index contributed by atoms with van der Waals surface area (Å²) >= 11 is 1.55. The average Bonchev–Trinajstić information content (AvgIpc) is 2.76. The van der Waals surface area contributed by atoms with Crippen LogP contribution in [0.15, 0.2) is 5.16 Å². The van der Waals surface area contributed by atoms with Crippen molar-refractivity contribution < 1.29 is 4.74 Å². The van der Waals surface area contributed by atoms with Crippen molar-refractivity contribution >= 4 is 11.8 Å². The molecular formula is C8H13N3OS. The Bertz CT molecular complexity index is 270. The van der Waals surface area contributed by atoms with Gasteiger partial charge in [0.2, 0.25) is 5.16 Å². The van der Waals surface area contributed by atoms with E-state index in [0.717, 1.165) is 30.4 Å². The van der Waals surface area contributed by atoms with Crippen LogP contribution in [0, 0.1) is 0 Å². The molecule has 1 atom stereocenters. The molecule has 5 heteroatoms. The molecule has 1 fully saturated rings. The highest BCUT2D eigenvalue weighted by Crippen LogP contribution is 2.16. The van der Waals surface area contributed by atoms with E-state index >= 15 is 0 Å². The zero-order valence-corrected chi connectivity index (χ0v) is 8.43. The molecule has 0 bridgehead atoms. The molecule has 2 heterocycles. The lowest BCUT2D eigenvalue weighted by atomic mass is 10.2. The molecule has 1 aromatic rings. The van der Waals surface area contributed by atoms with E-state index in [2.05, 4.69) is 15.2 Å². The number of aromatic nitrogens is 3. The quantitative estimate of drug-likeness (QED) is 0.744. The van der Waals surface area contributed by atoms with Gasteiger partial charge in [0.1, 0.15) is 5.82 Å². The fourth-order valence-corrected chi connectivity index (χ4v) is 1.82. The van der Waals surface area contributed by atoms with Crippen molar-refractivity contribution in [1.82, 2.24) is 15.2 Å². The highest BCUT2D eigenvalue weighted by Gasteiger charge is 2.17. The summed E-state index contributed by atoms with van der Waals surface area (Å²) in [5.41, 5.74) is 0. The van der Waals surface area contributed by atoms with Gasteiger partial charge in [-0.2, -0.15) is 0 Å². The minimum absolute atomic E-state index is 0.350. The van der Waals surface area contributed by atoms with Crippen LogP contribution in [-0.2, 0) is 11.2 Å². The average molecular weight is 199 g/mol. The lowest BCUT2D eigenvalue weighted by Gasteiger charge is -2.04. The zero-order valence-electron chi connectivity index (χ0n) is 7.62. The van der Waals surface area contributed by atoms with E-state index in [-0.39, 0.29) is 0 Å². The Kier molecular flexibility index (Phi) is 2.85. The lowest BCUT2D eigenvalue weighted by Crippen LogP contribution is -2.09. The summed E-state index contributed by atoms with van der Waals surface area (Å²) in [4.78, 5) is 4.31. The van der Waals surface area contributed by atoms with Crippen LogP contribution in [0.3, 0.4) is 0 Å². The van der Waals surface area contributed by atoms with Crippen LogP contribution in [-0.4, -0.2) is 34.1 Å². The Morgan fingerprint density at radius 1 is 1.69 bits per heavy atom. The van der Waals surface area contributed by atoms with Crippen LogP contribution in [0.4, 0.5) is 0 Å². The first-order valence-electron chi connectivity index (χ1n) is 4.45. The van der Waals surface area contributed by atoms with Crippen molar-refractivity contribution in [3.63, 3.8) is 0 Å². The second kappa shape index (κ2) is 4.11. The number of thioether (sulfide) groups is 1. The maximum absolute atomic E-state index is 5.51. The van der Waals surface area contributed by atoms with Crippen molar-refractivity contribution in [3.05, 3.63) is 5.82 Å². The maximum Gasteiger partial charge on any atom is 0.208 e. The van der Waals surface area contributed by atoms with Gasteiger partial charge in [0, 0.05) is 13.0 Å². The second-order valence-corrected chi connectivity index (χ2v) is 3.88. The largest absolute Gasteiger partial charge is 0.378 e. The first-order valence-corrected chi connectivity index (χ1v) is 5.68. The molecule has 1 aliphatic heterocycles. The predicted molar refractivity (Wildman–Crippen MR) is 50.8 cm³/mol. The number of hydrogen-bond donors (Lipinski definition) is 1. The summed E-state index contributed by atoms with van der Waals surface area (Å²) in [5, 5.41) is 7.78. The Morgan fingerprint density at radius 2 is 2.62 bits per heavy atom. The Hall–Kier alpha value is -0.550. The van der Waals surface area contributed by atoms with Crippen LogP contribution >= 0.6 is 11.8 Å². The standard InChI is InChI=1S/C8H13N3OS/c1-13-8-9-7(10-11-8)5-6-3-2-4-12-6/h6H,2-5H2,1H3,(H,9,10,11). The molecule has 0 radical (unpaired) electrons. The molecule has 1 aliphatic rings. The maximum atomic E-state index is 5.51. The van der Waals surface area contributed by atoms with E-state index in [1.54, 1.807) is 11.8 Å². The van der Waals surface area contributed by atoms with Crippen molar-refractivity contribution in [1.29, 1.82) is 0 Å². The molecule has 0 aromatic carbocycles. The molecule has 0 spiro atoms.